The molecule has 2 rings (SSSR count). The lowest BCUT2D eigenvalue weighted by atomic mass is 9.86. The van der Waals surface area contributed by atoms with E-state index in [2.05, 4.69) is 0 Å². The molecule has 0 heterocycles. The number of carbonyl (C=O) groups is 2. The van der Waals surface area contributed by atoms with Crippen LogP contribution in [0.1, 0.15) is 26.7 Å². The predicted octanol–water partition coefficient (Wildman–Crippen LogP) is 0.960. The molecule has 0 radical (unpaired) electrons. The summed E-state index contributed by atoms with van der Waals surface area (Å²) in [7, 11) is 0. The van der Waals surface area contributed by atoms with Crippen LogP contribution < -0.4 is 0 Å². The molecule has 2 aliphatic rings. The van der Waals surface area contributed by atoms with E-state index in [1.54, 1.807) is 0 Å². The summed E-state index contributed by atoms with van der Waals surface area (Å²) in [6, 6.07) is 0. The van der Waals surface area contributed by atoms with E-state index in [9.17, 15) is 9.59 Å². The van der Waals surface area contributed by atoms with Crippen LogP contribution in [0.3, 0.4) is 0 Å². The van der Waals surface area contributed by atoms with Crippen LogP contribution in [0.2, 0.25) is 0 Å². The Hall–Kier alpha value is -0.700. The van der Waals surface area contributed by atoms with Crippen LogP contribution in [-0.2, 0) is 14.3 Å². The van der Waals surface area contributed by atoms with Crippen LogP contribution in [0.15, 0.2) is 0 Å². The summed E-state index contributed by atoms with van der Waals surface area (Å²) < 4.78 is 5.47. The lowest BCUT2D eigenvalue weighted by Gasteiger charge is -2.23. The smallest absolute Gasteiger partial charge is 0.172 e. The molecule has 0 aromatic heterocycles. The number of hydrogen-bond acceptors (Lipinski definition) is 3. The topological polar surface area (TPSA) is 43.4 Å². The van der Waals surface area contributed by atoms with Crippen LogP contribution in [0.25, 0.3) is 0 Å². The van der Waals surface area contributed by atoms with E-state index in [1.807, 2.05) is 13.8 Å². The number of fused-ring (bicyclic) bond motifs is 1. The summed E-state index contributed by atoms with van der Waals surface area (Å²) in [5.41, 5.74) is -0.553. The fourth-order valence-electron chi connectivity index (χ4n) is 2.37. The lowest BCUT2D eigenvalue weighted by molar-refractivity contribution is -0.144. The lowest BCUT2D eigenvalue weighted by Crippen LogP contribution is -2.39. The van der Waals surface area contributed by atoms with Gasteiger partial charge in [-0.15, -0.1) is 0 Å². The zero-order chi connectivity index (χ0) is 9.64. The fourth-order valence-corrected chi connectivity index (χ4v) is 2.37. The van der Waals surface area contributed by atoms with Crippen molar-refractivity contribution in [1.82, 2.24) is 0 Å². The normalized spacial score (nSPS) is 43.2. The molecular formula is C10H14O3. The van der Waals surface area contributed by atoms with Gasteiger partial charge in [-0.05, 0) is 13.3 Å². The third-order valence-electron chi connectivity index (χ3n) is 3.28. The highest BCUT2D eigenvalue weighted by Gasteiger charge is 2.66. The molecule has 0 aliphatic heterocycles. The zero-order valence-corrected chi connectivity index (χ0v) is 8.00. The molecule has 3 heteroatoms. The van der Waals surface area contributed by atoms with Gasteiger partial charge in [-0.25, -0.2) is 0 Å². The van der Waals surface area contributed by atoms with Crippen molar-refractivity contribution in [3.8, 4) is 0 Å². The van der Waals surface area contributed by atoms with E-state index in [1.165, 1.54) is 0 Å². The van der Waals surface area contributed by atoms with Gasteiger partial charge in [0, 0.05) is 18.4 Å². The average Bonchev–Trinajstić information content (AvgIpc) is 2.78. The van der Waals surface area contributed by atoms with Crippen molar-refractivity contribution in [1.29, 1.82) is 0 Å². The summed E-state index contributed by atoms with van der Waals surface area (Å²) in [6.07, 6.45) is 0.838. The second-order valence-electron chi connectivity index (χ2n) is 3.99. The second kappa shape index (κ2) is 2.64. The van der Waals surface area contributed by atoms with Crippen LogP contribution >= 0.6 is 0 Å². The minimum atomic E-state index is -0.553. The first-order valence-corrected chi connectivity index (χ1v) is 4.82. The second-order valence-corrected chi connectivity index (χ2v) is 3.99. The van der Waals surface area contributed by atoms with Crippen molar-refractivity contribution < 1.29 is 14.3 Å². The third kappa shape index (κ3) is 1.06. The van der Waals surface area contributed by atoms with Gasteiger partial charge in [0.15, 0.2) is 5.78 Å². The van der Waals surface area contributed by atoms with Gasteiger partial charge in [-0.3, -0.25) is 9.59 Å². The summed E-state index contributed by atoms with van der Waals surface area (Å²) in [4.78, 5) is 22.9. The van der Waals surface area contributed by atoms with E-state index in [4.69, 9.17) is 4.74 Å². The molecule has 0 aromatic carbocycles. The first kappa shape index (κ1) is 8.88. The Balaban J connectivity index is 2.19. The molecule has 2 fully saturated rings. The SMILES string of the molecule is CCOC12CC1C(C)C(=O)CC2=O. The van der Waals surface area contributed by atoms with Crippen LogP contribution in [0.5, 0.6) is 0 Å². The minimum Gasteiger partial charge on any atom is -0.367 e. The maximum Gasteiger partial charge on any atom is 0.172 e. The van der Waals surface area contributed by atoms with Crippen molar-refractivity contribution >= 4 is 11.6 Å². The molecule has 0 bridgehead atoms. The maximum atomic E-state index is 11.6. The van der Waals surface area contributed by atoms with Crippen molar-refractivity contribution in [2.75, 3.05) is 6.61 Å². The minimum absolute atomic E-state index is 0.00227. The molecule has 0 amide bonds. The van der Waals surface area contributed by atoms with Crippen molar-refractivity contribution in [3.63, 3.8) is 0 Å². The summed E-state index contributed by atoms with van der Waals surface area (Å²) in [5.74, 6) is 0.274. The van der Waals surface area contributed by atoms with Crippen molar-refractivity contribution in [2.24, 2.45) is 11.8 Å². The molecule has 2 aliphatic carbocycles. The maximum absolute atomic E-state index is 11.6. The first-order valence-electron chi connectivity index (χ1n) is 4.82. The number of ketones is 2. The van der Waals surface area contributed by atoms with Gasteiger partial charge in [0.2, 0.25) is 0 Å². The van der Waals surface area contributed by atoms with E-state index in [0.29, 0.717) is 6.61 Å². The molecule has 72 valence electrons. The van der Waals surface area contributed by atoms with E-state index < -0.39 is 5.60 Å². The number of rotatable bonds is 2. The zero-order valence-electron chi connectivity index (χ0n) is 8.00. The van der Waals surface area contributed by atoms with Gasteiger partial charge < -0.3 is 4.74 Å². The molecule has 0 saturated heterocycles. The van der Waals surface area contributed by atoms with Crippen molar-refractivity contribution in [3.05, 3.63) is 0 Å². The molecule has 0 aromatic rings. The van der Waals surface area contributed by atoms with Gasteiger partial charge in [0.1, 0.15) is 11.4 Å². The number of hydrogen-bond donors (Lipinski definition) is 0. The first-order chi connectivity index (χ1) is 6.12. The molecule has 3 unspecified atom stereocenters. The van der Waals surface area contributed by atoms with Gasteiger partial charge in [0.25, 0.3) is 0 Å². The molecule has 13 heavy (non-hydrogen) atoms. The Morgan fingerprint density at radius 2 is 2.23 bits per heavy atom. The van der Waals surface area contributed by atoms with Gasteiger partial charge in [-0.1, -0.05) is 6.92 Å². The molecule has 0 spiro atoms. The predicted molar refractivity (Wildman–Crippen MR) is 46.3 cm³/mol. The Morgan fingerprint density at radius 3 is 2.85 bits per heavy atom. The van der Waals surface area contributed by atoms with E-state index in [-0.39, 0.29) is 29.8 Å². The third-order valence-corrected chi connectivity index (χ3v) is 3.28. The van der Waals surface area contributed by atoms with Crippen LogP contribution in [0, 0.1) is 11.8 Å². The van der Waals surface area contributed by atoms with Crippen LogP contribution in [-0.4, -0.2) is 23.8 Å². The standard InChI is InChI=1S/C10H14O3/c1-3-13-10-5-7(10)6(2)8(11)4-9(10)12/h6-7H,3-5H2,1-2H3. The Labute approximate surface area is 77.4 Å². The monoisotopic (exact) mass is 182 g/mol. The number of ether oxygens (including phenoxy) is 1. The Kier molecular flexibility index (Phi) is 1.80. The molecule has 0 N–H and O–H groups in total. The molecule has 2 saturated carbocycles. The molecule has 3 nitrogen and oxygen atoms in total. The largest absolute Gasteiger partial charge is 0.367 e. The van der Waals surface area contributed by atoms with Crippen molar-refractivity contribution in [2.45, 2.75) is 32.3 Å². The van der Waals surface area contributed by atoms with Crippen LogP contribution in [0.4, 0.5) is 0 Å². The highest BCUT2D eigenvalue weighted by atomic mass is 16.5. The van der Waals surface area contributed by atoms with Gasteiger partial charge in [-0.2, -0.15) is 0 Å². The fraction of sp³-hybridized carbons (Fsp3) is 0.800. The number of carbonyl (C=O) groups excluding carboxylic acids is 2. The average molecular weight is 182 g/mol. The van der Waals surface area contributed by atoms with E-state index >= 15 is 0 Å². The highest BCUT2D eigenvalue weighted by molar-refractivity contribution is 6.09. The summed E-state index contributed by atoms with van der Waals surface area (Å²) in [5, 5.41) is 0. The summed E-state index contributed by atoms with van der Waals surface area (Å²) >= 11 is 0. The Bertz CT molecular complexity index is 271. The van der Waals surface area contributed by atoms with E-state index in [0.717, 1.165) is 6.42 Å². The van der Waals surface area contributed by atoms with Gasteiger partial charge >= 0.3 is 0 Å². The quantitative estimate of drug-likeness (QED) is 0.597. The Morgan fingerprint density at radius 1 is 1.54 bits per heavy atom. The summed E-state index contributed by atoms with van der Waals surface area (Å²) in [6.45, 7) is 4.35. The molecular weight excluding hydrogens is 168 g/mol. The highest BCUT2D eigenvalue weighted by Crippen LogP contribution is 2.55. The molecule has 3 atom stereocenters. The van der Waals surface area contributed by atoms with Gasteiger partial charge in [0.05, 0.1) is 6.42 Å². The number of Topliss-reactive ketones (excluding diaryl/α,β-unsaturated/α-hetero) is 2.